The third-order valence-corrected chi connectivity index (χ3v) is 8.92. The highest BCUT2D eigenvalue weighted by atomic mass is 16.6. The fraction of sp³-hybridized carbons (Fsp3) is 0.531. The van der Waals surface area contributed by atoms with E-state index in [1.807, 2.05) is 60.7 Å². The molecule has 5 rings (SSSR count). The van der Waals surface area contributed by atoms with Crippen LogP contribution in [0, 0.1) is 0 Å². The summed E-state index contributed by atoms with van der Waals surface area (Å²) in [6.07, 6.45) is 3.88. The number of methoxy groups -OCH3 is 1. The molecular formula is C32H44BN4O6-. The number of rotatable bonds is 14. The molecule has 3 saturated heterocycles. The lowest BCUT2D eigenvalue weighted by Gasteiger charge is -2.44. The van der Waals surface area contributed by atoms with Crippen molar-refractivity contribution in [1.82, 2.24) is 20.3 Å². The lowest BCUT2D eigenvalue weighted by Crippen LogP contribution is -2.65. The summed E-state index contributed by atoms with van der Waals surface area (Å²) in [4.78, 5) is 44.9. The number of hydrogen-bond donors (Lipinski definition) is 2. The summed E-state index contributed by atoms with van der Waals surface area (Å²) in [7, 11) is 1.66. The van der Waals surface area contributed by atoms with Crippen LogP contribution in [0.15, 0.2) is 60.7 Å². The van der Waals surface area contributed by atoms with Gasteiger partial charge < -0.3 is 34.4 Å². The Morgan fingerprint density at radius 3 is 2.30 bits per heavy atom. The van der Waals surface area contributed by atoms with Crippen molar-refractivity contribution in [2.75, 3.05) is 46.6 Å². The minimum Gasteiger partial charge on any atom is -0.553 e. The summed E-state index contributed by atoms with van der Waals surface area (Å²) >= 11 is 0. The summed E-state index contributed by atoms with van der Waals surface area (Å²) in [5.41, 5.74) is 2.01. The molecule has 0 aliphatic carbocycles. The fourth-order valence-electron chi connectivity index (χ4n) is 6.73. The average Bonchev–Trinajstić information content (AvgIpc) is 3.77. The highest BCUT2D eigenvalue weighted by Crippen LogP contribution is 2.31. The molecular weight excluding hydrogens is 547 g/mol. The van der Waals surface area contributed by atoms with Gasteiger partial charge in [0.2, 0.25) is 17.7 Å². The van der Waals surface area contributed by atoms with Crippen molar-refractivity contribution >= 4 is 24.4 Å². The largest absolute Gasteiger partial charge is 0.553 e. The zero-order chi connectivity index (χ0) is 30.1. The second-order valence-electron chi connectivity index (χ2n) is 11.7. The van der Waals surface area contributed by atoms with E-state index in [2.05, 4.69) is 15.4 Å². The van der Waals surface area contributed by atoms with E-state index < -0.39 is 18.8 Å². The SMILES string of the molecule is COCCC[C@H](NC(=O)[C@@H]1CCCN1C(=O)[C@@H](Cc1ccccc1)NC(=O)CCc1ccccc1)[B-]12OCCN1CCO2. The van der Waals surface area contributed by atoms with Crippen molar-refractivity contribution in [2.45, 2.75) is 63.0 Å². The predicted molar refractivity (Wildman–Crippen MR) is 164 cm³/mol. The Kier molecular flexibility index (Phi) is 10.9. The van der Waals surface area contributed by atoms with E-state index in [-0.39, 0.29) is 30.1 Å². The minimum absolute atomic E-state index is 0.185. The Hall–Kier alpha value is -3.25. The smallest absolute Gasteiger partial charge is 0.339 e. The number of nitrogens with one attached hydrogen (secondary N) is 2. The average molecular weight is 592 g/mol. The van der Waals surface area contributed by atoms with E-state index in [0.29, 0.717) is 58.5 Å². The zero-order valence-corrected chi connectivity index (χ0v) is 25.1. The molecule has 3 heterocycles. The number of fused-ring (bicyclic) bond motifs is 1. The zero-order valence-electron chi connectivity index (χ0n) is 25.1. The van der Waals surface area contributed by atoms with Crippen LogP contribution in [-0.2, 0) is 41.3 Å². The Balaban J connectivity index is 1.28. The monoisotopic (exact) mass is 591 g/mol. The van der Waals surface area contributed by atoms with Gasteiger partial charge in [-0.2, -0.15) is 0 Å². The van der Waals surface area contributed by atoms with Crippen LogP contribution < -0.4 is 10.6 Å². The summed E-state index contributed by atoms with van der Waals surface area (Å²) < 4.78 is 17.6. The number of nitrogens with zero attached hydrogens (tertiary/aromatic N) is 2. The number of likely N-dealkylation sites (tertiary alicyclic amines) is 1. The quantitative estimate of drug-likeness (QED) is 0.256. The molecule has 3 atom stereocenters. The highest BCUT2D eigenvalue weighted by molar-refractivity contribution is 6.67. The van der Waals surface area contributed by atoms with Gasteiger partial charge in [-0.3, -0.25) is 14.4 Å². The molecule has 2 aromatic rings. The Labute approximate surface area is 254 Å². The molecule has 0 aromatic heterocycles. The van der Waals surface area contributed by atoms with Crippen LogP contribution in [0.2, 0.25) is 0 Å². The number of hydrogen-bond acceptors (Lipinski definition) is 7. The topological polar surface area (TPSA) is 109 Å². The fourth-order valence-corrected chi connectivity index (χ4v) is 6.73. The van der Waals surface area contributed by atoms with Crippen LogP contribution in [-0.4, -0.2) is 98.7 Å². The number of ether oxygens (including phenoxy) is 1. The molecule has 11 heteroatoms. The number of carbonyl (C=O) groups excluding carboxylic acids is 3. The van der Waals surface area contributed by atoms with Crippen molar-refractivity contribution in [2.24, 2.45) is 0 Å². The number of amides is 3. The van der Waals surface area contributed by atoms with Gasteiger partial charge in [0.05, 0.1) is 0 Å². The Morgan fingerprint density at radius 1 is 0.953 bits per heavy atom. The first-order chi connectivity index (χ1) is 21.0. The van der Waals surface area contributed by atoms with Crippen LogP contribution in [0.25, 0.3) is 0 Å². The van der Waals surface area contributed by atoms with Gasteiger partial charge in [0.15, 0.2) is 0 Å². The van der Waals surface area contributed by atoms with E-state index in [1.165, 1.54) is 0 Å². The maximum Gasteiger partial charge on any atom is 0.339 e. The molecule has 10 nitrogen and oxygen atoms in total. The van der Waals surface area contributed by atoms with Crippen LogP contribution in [0.1, 0.15) is 43.2 Å². The van der Waals surface area contributed by atoms with Gasteiger partial charge in [-0.15, -0.1) is 0 Å². The van der Waals surface area contributed by atoms with E-state index in [4.69, 9.17) is 14.0 Å². The van der Waals surface area contributed by atoms with Crippen LogP contribution in [0.4, 0.5) is 0 Å². The first-order valence-electron chi connectivity index (χ1n) is 15.6. The maximum absolute atomic E-state index is 14.1. The molecule has 3 aliphatic rings. The summed E-state index contributed by atoms with van der Waals surface area (Å²) in [6.45, 7) is 1.91. The molecule has 0 radical (unpaired) electrons. The molecule has 2 N–H and O–H groups in total. The van der Waals surface area contributed by atoms with Crippen molar-refractivity contribution in [3.63, 3.8) is 0 Å². The first kappa shape index (κ1) is 31.2. The van der Waals surface area contributed by atoms with Crippen LogP contribution >= 0.6 is 0 Å². The molecule has 3 aliphatic heterocycles. The van der Waals surface area contributed by atoms with Crippen LogP contribution in [0.3, 0.4) is 0 Å². The van der Waals surface area contributed by atoms with Gasteiger partial charge in [0.1, 0.15) is 12.1 Å². The number of benzene rings is 2. The maximum atomic E-state index is 14.1. The van der Waals surface area contributed by atoms with Gasteiger partial charge in [0, 0.05) is 46.3 Å². The van der Waals surface area contributed by atoms with Crippen molar-refractivity contribution in [3.8, 4) is 0 Å². The Bertz CT molecular complexity index is 1210. The van der Waals surface area contributed by atoms with E-state index in [0.717, 1.165) is 30.6 Å². The molecule has 43 heavy (non-hydrogen) atoms. The lowest BCUT2D eigenvalue weighted by atomic mass is 9.60. The summed E-state index contributed by atoms with van der Waals surface area (Å²) in [6, 6.07) is 18.1. The van der Waals surface area contributed by atoms with Crippen molar-refractivity contribution < 1.29 is 28.4 Å². The molecule has 0 bridgehead atoms. The van der Waals surface area contributed by atoms with Gasteiger partial charge in [-0.1, -0.05) is 67.1 Å². The van der Waals surface area contributed by atoms with Gasteiger partial charge in [0.25, 0.3) is 0 Å². The third kappa shape index (κ3) is 7.64. The number of carbonyl (C=O) groups is 3. The van der Waals surface area contributed by atoms with E-state index in [1.54, 1.807) is 12.0 Å². The normalized spacial score (nSPS) is 20.9. The number of aryl methyl sites for hydroxylation is 1. The third-order valence-electron chi connectivity index (χ3n) is 8.92. The van der Waals surface area contributed by atoms with Gasteiger partial charge in [-0.25, -0.2) is 0 Å². The van der Waals surface area contributed by atoms with E-state index in [9.17, 15) is 14.4 Å². The van der Waals surface area contributed by atoms with Crippen molar-refractivity contribution in [1.29, 1.82) is 0 Å². The lowest BCUT2D eigenvalue weighted by molar-refractivity contribution is -0.141. The molecule has 0 spiro atoms. The predicted octanol–water partition coefficient (Wildman–Crippen LogP) is 2.09. The second kappa shape index (κ2) is 15.0. The Morgan fingerprint density at radius 2 is 1.63 bits per heavy atom. The molecule has 0 unspecified atom stereocenters. The standard InChI is InChI=1S/C32H44BN4O6/c1-41-21-9-15-29(33-36(19-22-42-33)20-23-43-33)35-31(39)28-14-8-18-37(28)32(40)27(24-26-12-6-3-7-13-26)34-30(38)17-16-25-10-4-2-5-11-25/h2-7,10-13,27-29H,8-9,14-24H2,1H3,(H,34,38)(H,35,39)/q-1/t27-,28+,29+/m1/s1. The first-order valence-corrected chi connectivity index (χ1v) is 15.6. The van der Waals surface area contributed by atoms with E-state index >= 15 is 0 Å². The summed E-state index contributed by atoms with van der Waals surface area (Å²) in [5.74, 6) is -0.965. The van der Waals surface area contributed by atoms with Gasteiger partial charge in [-0.05, 0) is 55.8 Å². The second-order valence-corrected chi connectivity index (χ2v) is 11.7. The molecule has 3 fully saturated rings. The van der Waals surface area contributed by atoms with Gasteiger partial charge >= 0.3 is 6.69 Å². The minimum atomic E-state index is -1.80. The molecule has 0 saturated carbocycles. The van der Waals surface area contributed by atoms with Crippen LogP contribution in [0.5, 0.6) is 0 Å². The summed E-state index contributed by atoms with van der Waals surface area (Å²) in [5, 5.41) is 6.24. The highest BCUT2D eigenvalue weighted by Gasteiger charge is 2.49. The molecule has 2 aromatic carbocycles. The molecule has 3 amide bonds. The van der Waals surface area contributed by atoms with Crippen molar-refractivity contribution in [3.05, 3.63) is 71.8 Å². The molecule has 232 valence electrons.